The number of nitrogens with zero attached hydrogens (tertiary/aromatic N) is 2. The van der Waals surface area contributed by atoms with Gasteiger partial charge in [0.15, 0.2) is 0 Å². The lowest BCUT2D eigenvalue weighted by Crippen LogP contribution is -2.47. The van der Waals surface area contributed by atoms with Gasteiger partial charge in [-0.3, -0.25) is 0 Å². The lowest BCUT2D eigenvalue weighted by Gasteiger charge is -2.40. The van der Waals surface area contributed by atoms with Crippen molar-refractivity contribution in [3.63, 3.8) is 0 Å². The van der Waals surface area contributed by atoms with Crippen molar-refractivity contribution in [2.75, 3.05) is 38.1 Å². The summed E-state index contributed by atoms with van der Waals surface area (Å²) in [7, 11) is 0. The number of likely N-dealkylation sites (tertiary alicyclic amines) is 2. The van der Waals surface area contributed by atoms with Gasteiger partial charge in [0.1, 0.15) is 0 Å². The Bertz CT molecular complexity index is 217. The molecular formula is C15H29BrN2. The first kappa shape index (κ1) is 14.8. The molecule has 2 aliphatic rings. The summed E-state index contributed by atoms with van der Waals surface area (Å²) in [6, 6.07) is 0.894. The van der Waals surface area contributed by atoms with Crippen molar-refractivity contribution < 1.29 is 0 Å². The van der Waals surface area contributed by atoms with Crippen LogP contribution in [0.1, 0.15) is 45.4 Å². The molecule has 0 aromatic rings. The molecule has 0 spiro atoms. The monoisotopic (exact) mass is 316 g/mol. The van der Waals surface area contributed by atoms with E-state index in [-0.39, 0.29) is 0 Å². The van der Waals surface area contributed by atoms with Crippen LogP contribution in [0.3, 0.4) is 0 Å². The second kappa shape index (κ2) is 7.86. The van der Waals surface area contributed by atoms with Crippen LogP contribution in [0.15, 0.2) is 0 Å². The molecule has 0 aromatic heterocycles. The summed E-state index contributed by atoms with van der Waals surface area (Å²) in [5.74, 6) is 0.844. The van der Waals surface area contributed by atoms with E-state index in [0.717, 1.165) is 17.3 Å². The summed E-state index contributed by atoms with van der Waals surface area (Å²) in [4.78, 5) is 5.46. The van der Waals surface area contributed by atoms with Crippen LogP contribution in [0.4, 0.5) is 0 Å². The molecule has 0 aromatic carbocycles. The average Bonchev–Trinajstić information content (AvgIpc) is 2.46. The number of hydrogen-bond donors (Lipinski definition) is 0. The van der Waals surface area contributed by atoms with Crippen LogP contribution >= 0.6 is 15.9 Å². The van der Waals surface area contributed by atoms with Gasteiger partial charge in [0.05, 0.1) is 0 Å². The van der Waals surface area contributed by atoms with Crippen LogP contribution < -0.4 is 0 Å². The minimum atomic E-state index is 0.844. The van der Waals surface area contributed by atoms with Crippen LogP contribution in [0.2, 0.25) is 0 Å². The molecule has 18 heavy (non-hydrogen) atoms. The van der Waals surface area contributed by atoms with Crippen molar-refractivity contribution in [1.29, 1.82) is 0 Å². The van der Waals surface area contributed by atoms with E-state index in [1.54, 1.807) is 0 Å². The van der Waals surface area contributed by atoms with Crippen LogP contribution in [-0.2, 0) is 0 Å². The van der Waals surface area contributed by atoms with Crippen molar-refractivity contribution >= 4 is 15.9 Å². The second-order valence-corrected chi connectivity index (χ2v) is 6.70. The number of halogens is 1. The highest BCUT2D eigenvalue weighted by molar-refractivity contribution is 9.09. The van der Waals surface area contributed by atoms with Gasteiger partial charge in [-0.2, -0.15) is 0 Å². The van der Waals surface area contributed by atoms with Crippen LogP contribution in [0.25, 0.3) is 0 Å². The Kier molecular flexibility index (Phi) is 6.46. The Balaban J connectivity index is 1.70. The third kappa shape index (κ3) is 4.21. The molecule has 2 heterocycles. The van der Waals surface area contributed by atoms with E-state index in [4.69, 9.17) is 0 Å². The standard InChI is InChI=1S/C15H29BrN2/c1-2-14(12-16)13-17-10-6-15(7-11-17)18-8-4-3-5-9-18/h14-15H,2-13H2,1H3. The van der Waals surface area contributed by atoms with Crippen molar-refractivity contribution in [3.8, 4) is 0 Å². The van der Waals surface area contributed by atoms with E-state index in [0.29, 0.717) is 0 Å². The summed E-state index contributed by atoms with van der Waals surface area (Å²) in [5, 5.41) is 1.16. The van der Waals surface area contributed by atoms with Crippen LogP contribution in [0, 0.1) is 5.92 Å². The smallest absolute Gasteiger partial charge is 0.0120 e. The zero-order valence-electron chi connectivity index (χ0n) is 11.9. The maximum absolute atomic E-state index is 3.64. The summed E-state index contributed by atoms with van der Waals surface area (Å²) in [6.45, 7) is 8.99. The van der Waals surface area contributed by atoms with Gasteiger partial charge in [-0.15, -0.1) is 0 Å². The molecule has 2 fully saturated rings. The first-order chi connectivity index (χ1) is 8.83. The van der Waals surface area contributed by atoms with Gasteiger partial charge in [-0.1, -0.05) is 35.7 Å². The van der Waals surface area contributed by atoms with E-state index in [9.17, 15) is 0 Å². The van der Waals surface area contributed by atoms with E-state index in [1.165, 1.54) is 71.2 Å². The number of piperidine rings is 2. The van der Waals surface area contributed by atoms with Crippen molar-refractivity contribution in [2.45, 2.75) is 51.5 Å². The molecule has 0 bridgehead atoms. The lowest BCUT2D eigenvalue weighted by atomic mass is 9.98. The molecule has 1 unspecified atom stereocenters. The van der Waals surface area contributed by atoms with Gasteiger partial charge < -0.3 is 9.80 Å². The second-order valence-electron chi connectivity index (χ2n) is 6.06. The average molecular weight is 317 g/mol. The molecule has 0 saturated carbocycles. The number of alkyl halides is 1. The first-order valence-electron chi connectivity index (χ1n) is 7.85. The fraction of sp³-hybridized carbons (Fsp3) is 1.00. The Labute approximate surface area is 121 Å². The third-order valence-electron chi connectivity index (χ3n) is 4.78. The predicted octanol–water partition coefficient (Wildman–Crippen LogP) is 3.36. The molecular weight excluding hydrogens is 288 g/mol. The summed E-state index contributed by atoms with van der Waals surface area (Å²) < 4.78 is 0. The fourth-order valence-electron chi connectivity index (χ4n) is 3.40. The molecule has 2 nitrogen and oxygen atoms in total. The normalized spacial score (nSPS) is 26.3. The minimum absolute atomic E-state index is 0.844. The first-order valence-corrected chi connectivity index (χ1v) is 8.98. The highest BCUT2D eigenvalue weighted by atomic mass is 79.9. The van der Waals surface area contributed by atoms with Crippen molar-refractivity contribution in [3.05, 3.63) is 0 Å². The highest BCUT2D eigenvalue weighted by Crippen LogP contribution is 2.22. The Morgan fingerprint density at radius 3 is 2.28 bits per heavy atom. The summed E-state index contributed by atoms with van der Waals surface area (Å²) in [6.07, 6.45) is 8.43. The maximum Gasteiger partial charge on any atom is 0.0120 e. The molecule has 0 N–H and O–H groups in total. The van der Waals surface area contributed by atoms with E-state index >= 15 is 0 Å². The molecule has 0 radical (unpaired) electrons. The highest BCUT2D eigenvalue weighted by Gasteiger charge is 2.26. The van der Waals surface area contributed by atoms with Crippen molar-refractivity contribution in [1.82, 2.24) is 9.80 Å². The quantitative estimate of drug-likeness (QED) is 0.718. The molecule has 2 rings (SSSR count). The molecule has 2 saturated heterocycles. The molecule has 1 atom stereocenters. The Morgan fingerprint density at radius 1 is 1.06 bits per heavy atom. The Morgan fingerprint density at radius 2 is 1.72 bits per heavy atom. The summed E-state index contributed by atoms with van der Waals surface area (Å²) >= 11 is 3.64. The molecule has 106 valence electrons. The lowest BCUT2D eigenvalue weighted by molar-refractivity contribution is 0.0866. The van der Waals surface area contributed by atoms with E-state index in [1.807, 2.05) is 0 Å². The van der Waals surface area contributed by atoms with Crippen LogP contribution in [0.5, 0.6) is 0 Å². The van der Waals surface area contributed by atoms with E-state index < -0.39 is 0 Å². The molecule has 3 heteroatoms. The zero-order valence-corrected chi connectivity index (χ0v) is 13.5. The Hall–Kier alpha value is 0.400. The SMILES string of the molecule is CCC(CBr)CN1CCC(N2CCCCC2)CC1. The van der Waals surface area contributed by atoms with Gasteiger partial charge in [-0.25, -0.2) is 0 Å². The number of rotatable bonds is 5. The van der Waals surface area contributed by atoms with Gasteiger partial charge >= 0.3 is 0 Å². The van der Waals surface area contributed by atoms with Gasteiger partial charge in [0.25, 0.3) is 0 Å². The molecule has 0 amide bonds. The van der Waals surface area contributed by atoms with Crippen molar-refractivity contribution in [2.24, 2.45) is 5.92 Å². The zero-order chi connectivity index (χ0) is 12.8. The molecule has 2 aliphatic heterocycles. The van der Waals surface area contributed by atoms with E-state index in [2.05, 4.69) is 32.7 Å². The van der Waals surface area contributed by atoms with Gasteiger partial charge in [0, 0.05) is 17.9 Å². The number of hydrogen-bond acceptors (Lipinski definition) is 2. The predicted molar refractivity (Wildman–Crippen MR) is 82.5 cm³/mol. The van der Waals surface area contributed by atoms with Gasteiger partial charge in [0.2, 0.25) is 0 Å². The van der Waals surface area contributed by atoms with Gasteiger partial charge in [-0.05, 0) is 57.8 Å². The topological polar surface area (TPSA) is 6.48 Å². The van der Waals surface area contributed by atoms with Crippen LogP contribution in [-0.4, -0.2) is 53.9 Å². The maximum atomic E-state index is 3.64. The minimum Gasteiger partial charge on any atom is -0.303 e. The summed E-state index contributed by atoms with van der Waals surface area (Å²) in [5.41, 5.74) is 0. The fourth-order valence-corrected chi connectivity index (χ4v) is 4.07. The largest absolute Gasteiger partial charge is 0.303 e. The third-order valence-corrected chi connectivity index (χ3v) is 5.69. The molecule has 0 aliphatic carbocycles.